The van der Waals surface area contributed by atoms with Gasteiger partial charge in [-0.1, -0.05) is 58.5 Å². The maximum Gasteiger partial charge on any atom is 0.269 e. The Labute approximate surface area is 327 Å². The minimum Gasteiger partial charge on any atom is -0.383 e. The number of carbonyl (C=O) groups excluding carboxylic acids is 1. The molecule has 0 radical (unpaired) electrons. The van der Waals surface area contributed by atoms with E-state index in [4.69, 9.17) is 80.2 Å². The van der Waals surface area contributed by atoms with Crippen LogP contribution in [0.5, 0.6) is 0 Å². The van der Waals surface area contributed by atoms with Gasteiger partial charge < -0.3 is 39.1 Å². The topological polar surface area (TPSA) is 301 Å². The number of aldehydes is 1. The molecule has 0 fully saturated rings. The first-order chi connectivity index (χ1) is 22.7. The number of aromatic nitrogens is 6. The molecule has 0 aliphatic carbocycles. The minimum absolute atomic E-state index is 0. The molecule has 4 rings (SSSR count). The molecule has 0 saturated carbocycles. The summed E-state index contributed by atoms with van der Waals surface area (Å²) in [4.78, 5) is 42.4. The number of hydrogen-bond acceptors (Lipinski definition) is 20. The summed E-state index contributed by atoms with van der Waals surface area (Å²) in [5.74, 6) is 0.416. The molecule has 27 heteroatoms. The van der Waals surface area contributed by atoms with Crippen molar-refractivity contribution in [3.63, 3.8) is 0 Å². The summed E-state index contributed by atoms with van der Waals surface area (Å²) in [5.41, 5.74) is 22.8. The molecule has 0 saturated heterocycles. The van der Waals surface area contributed by atoms with Crippen LogP contribution in [0.2, 0.25) is 20.6 Å². The molecule has 262 valence electrons. The van der Waals surface area contributed by atoms with Gasteiger partial charge in [0.15, 0.2) is 6.29 Å². The molecule has 11 N–H and O–H groups in total. The average Bonchev–Trinajstić information content (AvgIpc) is 3.01. The number of non-ortho nitro benzene ring substituents is 1. The van der Waals surface area contributed by atoms with Gasteiger partial charge in [-0.05, 0) is 5.56 Å². The van der Waals surface area contributed by atoms with Gasteiger partial charge in [-0.2, -0.15) is 23.5 Å². The Morgan fingerprint density at radius 3 is 1.55 bits per heavy atom. The summed E-state index contributed by atoms with van der Waals surface area (Å²) < 4.78 is 0. The number of benzene rings is 1. The molecule has 0 spiro atoms. The van der Waals surface area contributed by atoms with Gasteiger partial charge in [0.1, 0.15) is 32.2 Å². The number of nitro benzene ring substituents is 1. The van der Waals surface area contributed by atoms with E-state index >= 15 is 0 Å². The average molecular weight is 865 g/mol. The Morgan fingerprint density at radius 2 is 1.16 bits per heavy atom. The van der Waals surface area contributed by atoms with Crippen molar-refractivity contribution in [2.45, 2.75) is 6.54 Å². The van der Waals surface area contributed by atoms with Crippen molar-refractivity contribution in [3.8, 4) is 0 Å². The number of nitro groups is 1. The monoisotopic (exact) mass is 862 g/mol. The fourth-order valence-electron chi connectivity index (χ4n) is 2.78. The van der Waals surface area contributed by atoms with Crippen LogP contribution in [0, 0.1) is 20.9 Å². The largest absolute Gasteiger partial charge is 0.383 e. The maximum atomic E-state index is 10.6. The number of rotatable bonds is 7. The first-order valence-electron chi connectivity index (χ1n) is 11.6. The maximum absolute atomic E-state index is 10.6. The number of nitrogen functional groups attached to an aromatic ring is 4. The second-order valence-corrected chi connectivity index (χ2v) is 10.8. The van der Waals surface area contributed by atoms with Crippen molar-refractivity contribution in [1.82, 2.24) is 29.9 Å². The summed E-state index contributed by atoms with van der Waals surface area (Å²) in [6.45, 7) is 0.353. The van der Waals surface area contributed by atoms with Gasteiger partial charge in [0.2, 0.25) is 17.8 Å². The standard InChI is InChI=1S/C12H11ClN6O2.C5H3Cl2N3O.C5H6ClN5.S3.S2.H2S/c13-10-9(5-14)11(18-12(15)17-10)16-6-7-1-3-8(4-2-7)19(20)21;6-3-2(1-11)4(7)10-5(8)9-3;6-3-2(1-7)4(8)11-5(9)10-3;1-3-2;1-2;/h1-5,14H,6H2,(H3,15,16,17,18);1H,(H2,8,9,10);1,7H,(H4,8,9,10,11);;;1H2. The second kappa shape index (κ2) is 25.5. The number of halogens is 4. The highest BCUT2D eigenvalue weighted by Crippen LogP contribution is 2.22. The number of anilines is 5. The van der Waals surface area contributed by atoms with Gasteiger partial charge >= 0.3 is 0 Å². The highest BCUT2D eigenvalue weighted by atomic mass is 35.5. The van der Waals surface area contributed by atoms with Crippen LogP contribution in [0.25, 0.3) is 0 Å². The van der Waals surface area contributed by atoms with Crippen LogP contribution in [0.1, 0.15) is 27.0 Å². The van der Waals surface area contributed by atoms with Crippen LogP contribution < -0.4 is 28.3 Å². The molecule has 0 amide bonds. The molecule has 0 bridgehead atoms. The Bertz CT molecular complexity index is 1680. The van der Waals surface area contributed by atoms with Crippen LogP contribution in [-0.4, -0.2) is 53.5 Å². The van der Waals surface area contributed by atoms with Crippen molar-refractivity contribution in [2.75, 3.05) is 28.3 Å². The molecule has 3 aromatic heterocycles. The molecule has 3 heterocycles. The number of nitrogens with one attached hydrogen (secondary N) is 3. The van der Waals surface area contributed by atoms with Crippen molar-refractivity contribution < 1.29 is 9.72 Å². The fourth-order valence-corrected chi connectivity index (χ4v) is 3.74. The Balaban J connectivity index is 0. The third-order valence-electron chi connectivity index (χ3n) is 4.75. The summed E-state index contributed by atoms with van der Waals surface area (Å²) >= 11 is 38.0. The molecule has 4 aromatic rings. The van der Waals surface area contributed by atoms with Gasteiger partial charge in [-0.15, -0.1) is 0 Å². The summed E-state index contributed by atoms with van der Waals surface area (Å²) in [6.07, 6.45) is 2.49. The first-order valence-corrected chi connectivity index (χ1v) is 17.2. The van der Waals surface area contributed by atoms with E-state index in [1.54, 1.807) is 12.1 Å². The van der Waals surface area contributed by atoms with E-state index in [0.29, 0.717) is 29.8 Å². The smallest absolute Gasteiger partial charge is 0.269 e. The van der Waals surface area contributed by atoms with Crippen LogP contribution in [0.3, 0.4) is 0 Å². The highest BCUT2D eigenvalue weighted by molar-refractivity contribution is 8.37. The van der Waals surface area contributed by atoms with Gasteiger partial charge in [0, 0.05) is 84.7 Å². The third kappa shape index (κ3) is 16.6. The van der Waals surface area contributed by atoms with Crippen molar-refractivity contribution in [3.05, 3.63) is 77.2 Å². The van der Waals surface area contributed by atoms with Gasteiger partial charge in [-0.3, -0.25) is 14.9 Å². The second-order valence-electron chi connectivity index (χ2n) is 7.64. The zero-order valence-corrected chi connectivity index (χ0v) is 32.1. The van der Waals surface area contributed by atoms with E-state index in [9.17, 15) is 14.9 Å². The Morgan fingerprint density at radius 1 is 0.776 bits per heavy atom. The molecule has 49 heavy (non-hydrogen) atoms. The van der Waals surface area contributed by atoms with Crippen LogP contribution >= 0.6 is 59.9 Å². The van der Waals surface area contributed by atoms with E-state index in [-0.39, 0.29) is 69.0 Å². The fraction of sp³-hybridized carbons (Fsp3) is 0.0455. The summed E-state index contributed by atoms with van der Waals surface area (Å²) in [7, 11) is 0.917. The molecule has 1 aromatic carbocycles. The predicted molar refractivity (Wildman–Crippen MR) is 213 cm³/mol. The van der Waals surface area contributed by atoms with Crippen LogP contribution in [-0.2, 0) is 60.2 Å². The number of nitrogens with zero attached hydrogens (tertiary/aromatic N) is 7. The summed E-state index contributed by atoms with van der Waals surface area (Å²) in [5, 5.41) is 27.9. The Kier molecular flexibility index (Phi) is 24.7. The first kappa shape index (κ1) is 47.6. The number of carbonyl (C=O) groups is 1. The van der Waals surface area contributed by atoms with E-state index in [2.05, 4.69) is 80.0 Å². The van der Waals surface area contributed by atoms with E-state index in [1.807, 2.05) is 0 Å². The minimum atomic E-state index is -0.463. The van der Waals surface area contributed by atoms with E-state index in [0.717, 1.165) is 26.9 Å². The Hall–Kier alpha value is -3.52. The lowest BCUT2D eigenvalue weighted by atomic mass is 10.2. The predicted octanol–water partition coefficient (Wildman–Crippen LogP) is 3.80. The van der Waals surface area contributed by atoms with Crippen LogP contribution in [0.15, 0.2) is 24.3 Å². The van der Waals surface area contributed by atoms with Crippen LogP contribution in [0.4, 0.5) is 35.2 Å². The molecular weight excluding hydrogens is 843 g/mol. The van der Waals surface area contributed by atoms with Crippen molar-refractivity contribution in [1.29, 1.82) is 10.8 Å². The lowest BCUT2D eigenvalue weighted by Gasteiger charge is -2.10. The molecule has 0 unspecified atom stereocenters. The molecule has 0 atom stereocenters. The van der Waals surface area contributed by atoms with E-state index in [1.165, 1.54) is 12.1 Å². The molecular formula is C22H22Cl4N14O3S6. The lowest BCUT2D eigenvalue weighted by molar-refractivity contribution is -0.384. The number of hydrogen-bond donors (Lipinski definition) is 7. The summed E-state index contributed by atoms with van der Waals surface area (Å²) in [6, 6.07) is 6.08. The van der Waals surface area contributed by atoms with Crippen molar-refractivity contribution in [2.24, 2.45) is 0 Å². The zero-order chi connectivity index (χ0) is 37.0. The SMILES string of the molecule is N=Cc1c(Cl)nc(N)nc1NCc1ccc([N+](=O)[O-])cc1.N=Cc1c(N)nc(N)nc1Cl.Nc1nc(Cl)c(C=O)c(Cl)n1.S.S=S.S=S=S. The molecule has 0 aliphatic rings. The normalized spacial score (nSPS) is 8.98. The molecule has 17 nitrogen and oxygen atoms in total. The molecule has 0 aliphatic heterocycles. The highest BCUT2D eigenvalue weighted by Gasteiger charge is 2.11. The van der Waals surface area contributed by atoms with Crippen molar-refractivity contribution >= 4 is 167 Å². The van der Waals surface area contributed by atoms with Gasteiger partial charge in [0.05, 0.1) is 21.6 Å². The zero-order valence-electron chi connectivity index (χ0n) is 24.0. The van der Waals surface area contributed by atoms with Gasteiger partial charge in [-0.25, -0.2) is 19.9 Å². The quantitative estimate of drug-likeness (QED) is 0.0457. The lowest BCUT2D eigenvalue weighted by Crippen LogP contribution is -2.08. The third-order valence-corrected chi connectivity index (χ3v) is 5.90. The van der Waals surface area contributed by atoms with Gasteiger partial charge in [0.25, 0.3) is 5.69 Å². The number of nitrogens with two attached hydrogens (primary N) is 4. The van der Waals surface area contributed by atoms with E-state index < -0.39 is 4.92 Å².